The third-order valence-electron chi connectivity index (χ3n) is 4.47. The van der Waals surface area contributed by atoms with Crippen LogP contribution in [0, 0.1) is 0 Å². The van der Waals surface area contributed by atoms with E-state index in [4.69, 9.17) is 14.2 Å². The molecule has 1 aliphatic heterocycles. The van der Waals surface area contributed by atoms with Crippen LogP contribution < -0.4 is 14.9 Å². The Morgan fingerprint density at radius 1 is 1.22 bits per heavy atom. The Labute approximate surface area is 183 Å². The minimum Gasteiger partial charge on any atom is -0.490 e. The molecule has 3 rings (SSSR count). The monoisotopic (exact) mass is 452 g/mol. The molecule has 1 aromatic carbocycles. The first-order chi connectivity index (χ1) is 15.4. The topological polar surface area (TPSA) is 85.3 Å². The van der Waals surface area contributed by atoms with E-state index in [1.54, 1.807) is 23.1 Å². The molecule has 32 heavy (non-hydrogen) atoms. The van der Waals surface area contributed by atoms with Crippen molar-refractivity contribution in [2.75, 3.05) is 44.9 Å². The van der Waals surface area contributed by atoms with Crippen LogP contribution in [-0.4, -0.2) is 61.5 Å². The van der Waals surface area contributed by atoms with Crippen molar-refractivity contribution in [1.29, 1.82) is 0 Å². The highest BCUT2D eigenvalue weighted by Gasteiger charge is 2.30. The number of hydrogen-bond acceptors (Lipinski definition) is 7. The van der Waals surface area contributed by atoms with E-state index >= 15 is 0 Å². The van der Waals surface area contributed by atoms with Crippen LogP contribution in [-0.2, 0) is 15.7 Å². The van der Waals surface area contributed by atoms with Crippen LogP contribution in [0.1, 0.15) is 18.1 Å². The number of pyridine rings is 1. The maximum absolute atomic E-state index is 12.6. The molecule has 2 aromatic rings. The van der Waals surface area contributed by atoms with Gasteiger partial charge in [-0.2, -0.15) is 18.3 Å². The van der Waals surface area contributed by atoms with Crippen molar-refractivity contribution >= 4 is 17.9 Å². The Morgan fingerprint density at radius 3 is 2.66 bits per heavy atom. The molecule has 0 unspecified atom stereocenters. The Bertz CT molecular complexity index is 930. The van der Waals surface area contributed by atoms with E-state index in [1.807, 2.05) is 6.92 Å². The number of benzene rings is 1. The number of rotatable bonds is 8. The van der Waals surface area contributed by atoms with Gasteiger partial charge in [-0.1, -0.05) is 0 Å². The molecule has 1 N–H and O–H groups in total. The van der Waals surface area contributed by atoms with Crippen molar-refractivity contribution in [3.8, 4) is 11.5 Å². The van der Waals surface area contributed by atoms with Gasteiger partial charge in [0.1, 0.15) is 5.82 Å². The summed E-state index contributed by atoms with van der Waals surface area (Å²) in [7, 11) is 0. The lowest BCUT2D eigenvalue weighted by Gasteiger charge is -2.26. The van der Waals surface area contributed by atoms with Crippen LogP contribution in [0.5, 0.6) is 11.5 Å². The molecular weight excluding hydrogens is 429 g/mol. The highest BCUT2D eigenvalue weighted by Crippen LogP contribution is 2.29. The molecule has 0 atom stereocenters. The van der Waals surface area contributed by atoms with E-state index in [2.05, 4.69) is 15.5 Å². The molecule has 8 nitrogen and oxygen atoms in total. The number of ether oxygens (including phenoxy) is 3. The molecule has 0 radical (unpaired) electrons. The molecule has 1 amide bonds. The average molecular weight is 452 g/mol. The van der Waals surface area contributed by atoms with E-state index < -0.39 is 11.7 Å². The normalized spacial score (nSPS) is 14.4. The van der Waals surface area contributed by atoms with Gasteiger partial charge in [0.25, 0.3) is 5.91 Å². The molecule has 0 saturated carbocycles. The number of carbonyl (C=O) groups excluding carboxylic acids is 1. The average Bonchev–Trinajstić information content (AvgIpc) is 2.79. The first kappa shape index (κ1) is 23.3. The number of alkyl halides is 3. The first-order valence-electron chi connectivity index (χ1n) is 9.94. The third-order valence-corrected chi connectivity index (χ3v) is 4.47. The summed E-state index contributed by atoms with van der Waals surface area (Å²) in [6, 6.07) is 7.16. The SMILES string of the molecule is CCOc1cc(C=NNc2ccc(C(F)(F)F)cn2)ccc1OCC(=O)N1CCOCC1. The zero-order chi connectivity index (χ0) is 23.0. The van der Waals surface area contributed by atoms with Crippen LogP contribution in [0.25, 0.3) is 0 Å². The molecule has 0 bridgehead atoms. The van der Waals surface area contributed by atoms with Gasteiger partial charge in [-0.25, -0.2) is 4.98 Å². The van der Waals surface area contributed by atoms with Crippen LogP contribution in [0.2, 0.25) is 0 Å². The molecule has 172 valence electrons. The number of nitrogens with one attached hydrogen (secondary N) is 1. The molecular formula is C21H23F3N4O4. The summed E-state index contributed by atoms with van der Waals surface area (Å²) in [5.41, 5.74) is 2.39. The number of hydrogen-bond donors (Lipinski definition) is 1. The molecule has 11 heteroatoms. The second kappa shape index (κ2) is 10.8. The fourth-order valence-electron chi connectivity index (χ4n) is 2.84. The standard InChI is InChI=1S/C21H23F3N4O4/c1-2-31-18-11-15(12-26-27-19-6-4-16(13-25-19)21(22,23)24)3-5-17(18)32-14-20(29)28-7-9-30-10-8-28/h3-6,11-13H,2,7-10,14H2,1H3,(H,25,27). The van der Waals surface area contributed by atoms with Crippen LogP contribution in [0.3, 0.4) is 0 Å². The van der Waals surface area contributed by atoms with Gasteiger partial charge >= 0.3 is 6.18 Å². The van der Waals surface area contributed by atoms with Crippen LogP contribution in [0.4, 0.5) is 19.0 Å². The van der Waals surface area contributed by atoms with E-state index in [9.17, 15) is 18.0 Å². The molecule has 0 aliphatic carbocycles. The second-order valence-corrected chi connectivity index (χ2v) is 6.72. The summed E-state index contributed by atoms with van der Waals surface area (Å²) in [4.78, 5) is 17.6. The molecule has 2 heterocycles. The van der Waals surface area contributed by atoms with Crippen molar-refractivity contribution in [2.45, 2.75) is 13.1 Å². The summed E-state index contributed by atoms with van der Waals surface area (Å²) in [5.74, 6) is 0.900. The van der Waals surface area contributed by atoms with Crippen molar-refractivity contribution in [1.82, 2.24) is 9.88 Å². The fraction of sp³-hybridized carbons (Fsp3) is 0.381. The lowest BCUT2D eigenvalue weighted by Crippen LogP contribution is -2.43. The number of nitrogens with zero attached hydrogens (tertiary/aromatic N) is 3. The van der Waals surface area contributed by atoms with E-state index in [0.717, 1.165) is 12.3 Å². The molecule has 1 aromatic heterocycles. The second-order valence-electron chi connectivity index (χ2n) is 6.72. The number of amides is 1. The van der Waals surface area contributed by atoms with Crippen molar-refractivity contribution in [2.24, 2.45) is 5.10 Å². The number of morpholine rings is 1. The number of halogens is 3. The minimum absolute atomic E-state index is 0.116. The minimum atomic E-state index is -4.44. The maximum atomic E-state index is 12.6. The summed E-state index contributed by atoms with van der Waals surface area (Å²) >= 11 is 0. The lowest BCUT2D eigenvalue weighted by molar-refractivity contribution is -0.138. The molecule has 1 saturated heterocycles. The van der Waals surface area contributed by atoms with Gasteiger partial charge in [-0.3, -0.25) is 10.2 Å². The van der Waals surface area contributed by atoms with Crippen LogP contribution in [0.15, 0.2) is 41.6 Å². The highest BCUT2D eigenvalue weighted by atomic mass is 19.4. The van der Waals surface area contributed by atoms with E-state index in [-0.39, 0.29) is 18.3 Å². The van der Waals surface area contributed by atoms with Gasteiger partial charge < -0.3 is 19.1 Å². The lowest BCUT2D eigenvalue weighted by atomic mass is 10.2. The summed E-state index contributed by atoms with van der Waals surface area (Å²) in [6.07, 6.45) is -2.25. The van der Waals surface area contributed by atoms with Crippen molar-refractivity contribution in [3.05, 3.63) is 47.7 Å². The molecule has 1 aliphatic rings. The largest absolute Gasteiger partial charge is 0.490 e. The Morgan fingerprint density at radius 2 is 2.00 bits per heavy atom. The fourth-order valence-corrected chi connectivity index (χ4v) is 2.84. The van der Waals surface area contributed by atoms with Gasteiger partial charge in [0.2, 0.25) is 0 Å². The molecule has 1 fully saturated rings. The van der Waals surface area contributed by atoms with Gasteiger partial charge in [0, 0.05) is 19.3 Å². The highest BCUT2D eigenvalue weighted by molar-refractivity contribution is 5.81. The van der Waals surface area contributed by atoms with Crippen molar-refractivity contribution < 1.29 is 32.2 Å². The maximum Gasteiger partial charge on any atom is 0.417 e. The number of aromatic nitrogens is 1. The smallest absolute Gasteiger partial charge is 0.417 e. The van der Waals surface area contributed by atoms with E-state index in [0.29, 0.717) is 50.0 Å². The number of carbonyl (C=O) groups is 1. The van der Waals surface area contributed by atoms with Gasteiger partial charge in [0.05, 0.1) is 31.6 Å². The quantitative estimate of drug-likeness (QED) is 0.489. The molecule has 0 spiro atoms. The predicted octanol–water partition coefficient (Wildman–Crippen LogP) is 3.18. The van der Waals surface area contributed by atoms with Gasteiger partial charge in [-0.05, 0) is 42.8 Å². The summed E-state index contributed by atoms with van der Waals surface area (Å²) in [6.45, 7) is 4.20. The van der Waals surface area contributed by atoms with Crippen molar-refractivity contribution in [3.63, 3.8) is 0 Å². The summed E-state index contributed by atoms with van der Waals surface area (Å²) < 4.78 is 54.2. The number of hydrazone groups is 1. The van der Waals surface area contributed by atoms with Crippen LogP contribution >= 0.6 is 0 Å². The summed E-state index contributed by atoms with van der Waals surface area (Å²) in [5, 5.41) is 3.98. The van der Waals surface area contributed by atoms with Gasteiger partial charge in [-0.15, -0.1) is 0 Å². The Hall–Kier alpha value is -3.34. The zero-order valence-electron chi connectivity index (χ0n) is 17.4. The zero-order valence-corrected chi connectivity index (χ0v) is 17.4. The Balaban J connectivity index is 1.60. The first-order valence-corrected chi connectivity index (χ1v) is 9.94. The van der Waals surface area contributed by atoms with Gasteiger partial charge in [0.15, 0.2) is 18.1 Å². The van der Waals surface area contributed by atoms with E-state index in [1.165, 1.54) is 12.3 Å². The predicted molar refractivity (Wildman–Crippen MR) is 111 cm³/mol. The number of anilines is 1. The third kappa shape index (κ3) is 6.58. The Kier molecular flexibility index (Phi) is 7.87.